The van der Waals surface area contributed by atoms with Gasteiger partial charge in [0, 0.05) is 6.04 Å². The number of nitrogens with two attached hydrogens (primary N) is 1. The van der Waals surface area contributed by atoms with Crippen LogP contribution in [-0.2, 0) is 9.53 Å². The standard InChI is InChI=1S/C9H19NO3/c1-6(2)4-7(10)8(11)5-9(12)13-3/h6-8,11H,4-5,10H2,1-3H3/t7-,8-/m0/s1. The fourth-order valence-electron chi connectivity index (χ4n) is 1.11. The number of hydrogen-bond donors (Lipinski definition) is 2. The lowest BCUT2D eigenvalue weighted by molar-refractivity contribution is -0.143. The van der Waals surface area contributed by atoms with Gasteiger partial charge in [-0.2, -0.15) is 0 Å². The number of hydrogen-bond acceptors (Lipinski definition) is 4. The summed E-state index contributed by atoms with van der Waals surface area (Å²) in [7, 11) is 1.29. The molecule has 4 nitrogen and oxygen atoms in total. The highest BCUT2D eigenvalue weighted by atomic mass is 16.5. The second kappa shape index (κ2) is 5.94. The molecule has 2 atom stereocenters. The molecule has 0 aromatic rings. The molecule has 0 rings (SSSR count). The number of methoxy groups -OCH3 is 1. The maximum atomic E-state index is 10.8. The van der Waals surface area contributed by atoms with Crippen LogP contribution in [0.4, 0.5) is 0 Å². The third kappa shape index (κ3) is 5.60. The van der Waals surface area contributed by atoms with E-state index < -0.39 is 12.1 Å². The van der Waals surface area contributed by atoms with Crippen LogP contribution in [0.1, 0.15) is 26.7 Å². The Morgan fingerprint density at radius 2 is 2.08 bits per heavy atom. The van der Waals surface area contributed by atoms with Crippen molar-refractivity contribution in [3.05, 3.63) is 0 Å². The number of ether oxygens (including phenoxy) is 1. The van der Waals surface area contributed by atoms with Gasteiger partial charge < -0.3 is 15.6 Å². The van der Waals surface area contributed by atoms with Gasteiger partial charge in [-0.05, 0) is 12.3 Å². The van der Waals surface area contributed by atoms with Crippen LogP contribution in [0, 0.1) is 5.92 Å². The number of esters is 1. The summed E-state index contributed by atoms with van der Waals surface area (Å²) in [5, 5.41) is 9.44. The van der Waals surface area contributed by atoms with Crippen molar-refractivity contribution in [2.75, 3.05) is 7.11 Å². The molecule has 78 valence electrons. The van der Waals surface area contributed by atoms with Crippen molar-refractivity contribution in [2.45, 2.75) is 38.8 Å². The SMILES string of the molecule is COC(=O)C[C@H](O)[C@@H](N)CC(C)C. The Kier molecular flexibility index (Phi) is 5.66. The zero-order chi connectivity index (χ0) is 10.4. The third-order valence-electron chi connectivity index (χ3n) is 1.84. The molecule has 0 saturated heterocycles. The normalized spacial score (nSPS) is 15.5. The summed E-state index contributed by atoms with van der Waals surface area (Å²) in [6.07, 6.45) is -0.113. The Labute approximate surface area is 79.1 Å². The maximum absolute atomic E-state index is 10.8. The molecule has 0 unspecified atom stereocenters. The largest absolute Gasteiger partial charge is 0.469 e. The molecule has 13 heavy (non-hydrogen) atoms. The van der Waals surface area contributed by atoms with Crippen LogP contribution in [0.15, 0.2) is 0 Å². The van der Waals surface area contributed by atoms with Gasteiger partial charge in [0.2, 0.25) is 0 Å². The summed E-state index contributed by atoms with van der Waals surface area (Å²) in [6, 6.07) is -0.348. The second-order valence-electron chi connectivity index (χ2n) is 3.64. The molecule has 0 radical (unpaired) electrons. The van der Waals surface area contributed by atoms with Crippen molar-refractivity contribution in [1.29, 1.82) is 0 Å². The first kappa shape index (κ1) is 12.4. The van der Waals surface area contributed by atoms with E-state index in [4.69, 9.17) is 5.73 Å². The summed E-state index contributed by atoms with van der Waals surface area (Å²) in [5.74, 6) is -0.00555. The first-order valence-corrected chi connectivity index (χ1v) is 4.47. The quantitative estimate of drug-likeness (QED) is 0.609. The molecule has 0 aromatic heterocycles. The lowest BCUT2D eigenvalue weighted by atomic mass is 9.98. The Balaban J connectivity index is 3.81. The minimum Gasteiger partial charge on any atom is -0.469 e. The van der Waals surface area contributed by atoms with Gasteiger partial charge in [0.1, 0.15) is 0 Å². The van der Waals surface area contributed by atoms with E-state index in [0.717, 1.165) is 0 Å². The highest BCUT2D eigenvalue weighted by molar-refractivity contribution is 5.69. The van der Waals surface area contributed by atoms with Gasteiger partial charge in [0.15, 0.2) is 0 Å². The molecule has 0 heterocycles. The number of rotatable bonds is 5. The lowest BCUT2D eigenvalue weighted by Gasteiger charge is -2.19. The highest BCUT2D eigenvalue weighted by Crippen LogP contribution is 2.08. The van der Waals surface area contributed by atoms with E-state index in [1.165, 1.54) is 7.11 Å². The predicted octanol–water partition coefficient (Wildman–Crippen LogP) is 0.284. The van der Waals surface area contributed by atoms with Gasteiger partial charge in [0.25, 0.3) is 0 Å². The molecule has 4 heteroatoms. The average Bonchev–Trinajstić information content (AvgIpc) is 2.02. The minimum atomic E-state index is -0.796. The van der Waals surface area contributed by atoms with Crippen LogP contribution >= 0.6 is 0 Å². The van der Waals surface area contributed by atoms with Crippen molar-refractivity contribution >= 4 is 5.97 Å². The van der Waals surface area contributed by atoms with Crippen molar-refractivity contribution in [1.82, 2.24) is 0 Å². The monoisotopic (exact) mass is 189 g/mol. The summed E-state index contributed by atoms with van der Waals surface area (Å²) in [5.41, 5.74) is 5.66. The van der Waals surface area contributed by atoms with E-state index in [-0.39, 0.29) is 12.5 Å². The number of carbonyl (C=O) groups is 1. The van der Waals surface area contributed by atoms with Crippen molar-refractivity contribution < 1.29 is 14.6 Å². The molecule has 0 bridgehead atoms. The highest BCUT2D eigenvalue weighted by Gasteiger charge is 2.19. The average molecular weight is 189 g/mol. The van der Waals surface area contributed by atoms with E-state index in [2.05, 4.69) is 4.74 Å². The minimum absolute atomic E-state index is 0.0234. The molecule has 0 spiro atoms. The smallest absolute Gasteiger partial charge is 0.308 e. The van der Waals surface area contributed by atoms with Gasteiger partial charge in [-0.25, -0.2) is 0 Å². The Morgan fingerprint density at radius 1 is 1.54 bits per heavy atom. The zero-order valence-corrected chi connectivity index (χ0v) is 8.49. The van der Waals surface area contributed by atoms with Crippen LogP contribution in [0.5, 0.6) is 0 Å². The molecular weight excluding hydrogens is 170 g/mol. The maximum Gasteiger partial charge on any atom is 0.308 e. The molecule has 0 fully saturated rings. The van der Waals surface area contributed by atoms with Crippen LogP contribution in [-0.4, -0.2) is 30.3 Å². The number of aliphatic hydroxyl groups is 1. The number of aliphatic hydroxyl groups excluding tert-OH is 1. The van der Waals surface area contributed by atoms with E-state index in [0.29, 0.717) is 12.3 Å². The van der Waals surface area contributed by atoms with Crippen LogP contribution in [0.2, 0.25) is 0 Å². The second-order valence-corrected chi connectivity index (χ2v) is 3.64. The van der Waals surface area contributed by atoms with E-state index in [9.17, 15) is 9.90 Å². The zero-order valence-electron chi connectivity index (χ0n) is 8.49. The molecule has 0 aliphatic carbocycles. The number of carbonyl (C=O) groups excluding carboxylic acids is 1. The van der Waals surface area contributed by atoms with E-state index in [1.807, 2.05) is 13.8 Å². The fraction of sp³-hybridized carbons (Fsp3) is 0.889. The molecule has 3 N–H and O–H groups in total. The van der Waals surface area contributed by atoms with Gasteiger partial charge in [0.05, 0.1) is 19.6 Å². The molecule has 0 aliphatic rings. The molecule has 0 aromatic carbocycles. The van der Waals surface area contributed by atoms with Crippen molar-refractivity contribution in [3.8, 4) is 0 Å². The summed E-state index contributed by atoms with van der Waals surface area (Å²) in [6.45, 7) is 4.04. The first-order chi connectivity index (χ1) is 5.97. The summed E-state index contributed by atoms with van der Waals surface area (Å²) < 4.78 is 4.42. The van der Waals surface area contributed by atoms with Crippen molar-refractivity contribution in [3.63, 3.8) is 0 Å². The first-order valence-electron chi connectivity index (χ1n) is 4.47. The molecule has 0 amide bonds. The van der Waals surface area contributed by atoms with Crippen LogP contribution < -0.4 is 5.73 Å². The Morgan fingerprint density at radius 3 is 2.46 bits per heavy atom. The lowest BCUT2D eigenvalue weighted by Crippen LogP contribution is -2.37. The topological polar surface area (TPSA) is 72.5 Å². The van der Waals surface area contributed by atoms with E-state index in [1.54, 1.807) is 0 Å². The third-order valence-corrected chi connectivity index (χ3v) is 1.84. The van der Waals surface area contributed by atoms with Crippen molar-refractivity contribution in [2.24, 2.45) is 11.7 Å². The van der Waals surface area contributed by atoms with Gasteiger partial charge >= 0.3 is 5.97 Å². The van der Waals surface area contributed by atoms with Crippen LogP contribution in [0.3, 0.4) is 0 Å². The van der Waals surface area contributed by atoms with Gasteiger partial charge in [-0.15, -0.1) is 0 Å². The molecule has 0 aliphatic heterocycles. The van der Waals surface area contributed by atoms with E-state index >= 15 is 0 Å². The fourth-order valence-corrected chi connectivity index (χ4v) is 1.11. The summed E-state index contributed by atoms with van der Waals surface area (Å²) in [4.78, 5) is 10.8. The Hall–Kier alpha value is -0.610. The van der Waals surface area contributed by atoms with Gasteiger partial charge in [-0.3, -0.25) is 4.79 Å². The van der Waals surface area contributed by atoms with Gasteiger partial charge in [-0.1, -0.05) is 13.8 Å². The summed E-state index contributed by atoms with van der Waals surface area (Å²) >= 11 is 0. The Bertz CT molecular complexity index is 159. The molecule has 0 saturated carbocycles. The van der Waals surface area contributed by atoms with Crippen LogP contribution in [0.25, 0.3) is 0 Å². The predicted molar refractivity (Wildman–Crippen MR) is 50.1 cm³/mol. The molecular formula is C9H19NO3.